The second-order valence-electron chi connectivity index (χ2n) is 5.16. The molecule has 0 fully saturated rings. The molecule has 0 saturated heterocycles. The quantitative estimate of drug-likeness (QED) is 0.487. The van der Waals surface area contributed by atoms with Crippen LogP contribution in [0.1, 0.15) is 25.1 Å². The van der Waals surface area contributed by atoms with Gasteiger partial charge in [0.1, 0.15) is 16.8 Å². The molecule has 1 aromatic carbocycles. The molecule has 0 atom stereocenters. The van der Waals surface area contributed by atoms with Gasteiger partial charge in [-0.1, -0.05) is 29.8 Å². The number of carbonyl (C=O) groups excluding carboxylic acids is 1. The molecule has 0 aliphatic heterocycles. The maximum atomic E-state index is 11.9. The van der Waals surface area contributed by atoms with Crippen molar-refractivity contribution in [3.63, 3.8) is 0 Å². The zero-order chi connectivity index (χ0) is 17.0. The van der Waals surface area contributed by atoms with Gasteiger partial charge < -0.3 is 4.74 Å². The molecule has 23 heavy (non-hydrogen) atoms. The summed E-state index contributed by atoms with van der Waals surface area (Å²) in [5.74, 6) is -0.676. The van der Waals surface area contributed by atoms with Crippen LogP contribution < -0.4 is 0 Å². The van der Waals surface area contributed by atoms with Gasteiger partial charge in [-0.05, 0) is 39.0 Å². The van der Waals surface area contributed by atoms with E-state index >= 15 is 0 Å². The molecular weight excluding hydrogens is 314 g/mol. The van der Waals surface area contributed by atoms with Crippen LogP contribution in [-0.4, -0.2) is 21.9 Å². The first-order valence-corrected chi connectivity index (χ1v) is 7.45. The molecule has 0 aliphatic rings. The molecule has 0 aliphatic carbocycles. The number of aryl methyl sites for hydroxylation is 1. The number of ether oxygens (including phenoxy) is 1. The minimum Gasteiger partial charge on any atom is -0.459 e. The van der Waals surface area contributed by atoms with Gasteiger partial charge in [-0.2, -0.15) is 10.4 Å². The molecule has 1 heterocycles. The smallest absolute Gasteiger partial charge is 0.349 e. The standard InChI is InChI=1S/C17H16ClN3O2/c1-11(2)23-17(22)13(10-19)9-15-12(3)20-21(16(15)18)14-7-5-4-6-8-14/h4-9,11H,1-3H3/b13-9+. The average molecular weight is 330 g/mol. The van der Waals surface area contributed by atoms with E-state index in [9.17, 15) is 10.1 Å². The molecule has 0 saturated carbocycles. The van der Waals surface area contributed by atoms with Gasteiger partial charge in [0.15, 0.2) is 0 Å². The van der Waals surface area contributed by atoms with Gasteiger partial charge in [0, 0.05) is 5.56 Å². The van der Waals surface area contributed by atoms with Gasteiger partial charge in [-0.25, -0.2) is 9.48 Å². The number of hydrogen-bond donors (Lipinski definition) is 0. The highest BCUT2D eigenvalue weighted by Gasteiger charge is 2.18. The normalized spacial score (nSPS) is 11.4. The summed E-state index contributed by atoms with van der Waals surface area (Å²) in [4.78, 5) is 11.9. The third kappa shape index (κ3) is 3.79. The van der Waals surface area contributed by atoms with Crippen LogP contribution in [-0.2, 0) is 9.53 Å². The highest BCUT2D eigenvalue weighted by molar-refractivity contribution is 6.31. The Morgan fingerprint density at radius 3 is 2.61 bits per heavy atom. The Hall–Kier alpha value is -2.58. The summed E-state index contributed by atoms with van der Waals surface area (Å²) in [6, 6.07) is 11.2. The topological polar surface area (TPSA) is 67.9 Å². The van der Waals surface area contributed by atoms with E-state index in [-0.39, 0.29) is 11.7 Å². The maximum absolute atomic E-state index is 11.9. The Morgan fingerprint density at radius 1 is 1.39 bits per heavy atom. The number of nitrogens with zero attached hydrogens (tertiary/aromatic N) is 3. The first-order chi connectivity index (χ1) is 10.9. The predicted molar refractivity (Wildman–Crippen MR) is 88.1 cm³/mol. The van der Waals surface area contributed by atoms with E-state index < -0.39 is 5.97 Å². The van der Waals surface area contributed by atoms with E-state index in [0.717, 1.165) is 5.69 Å². The lowest BCUT2D eigenvalue weighted by atomic mass is 10.1. The summed E-state index contributed by atoms with van der Waals surface area (Å²) in [7, 11) is 0. The fourth-order valence-electron chi connectivity index (χ4n) is 1.97. The number of aromatic nitrogens is 2. The van der Waals surface area contributed by atoms with Crippen LogP contribution in [0.5, 0.6) is 0 Å². The second-order valence-corrected chi connectivity index (χ2v) is 5.52. The maximum Gasteiger partial charge on any atom is 0.349 e. The highest BCUT2D eigenvalue weighted by atomic mass is 35.5. The van der Waals surface area contributed by atoms with E-state index in [2.05, 4.69) is 5.10 Å². The summed E-state index contributed by atoms with van der Waals surface area (Å²) >= 11 is 6.37. The highest BCUT2D eigenvalue weighted by Crippen LogP contribution is 2.25. The molecule has 6 heteroatoms. The van der Waals surface area contributed by atoms with E-state index in [1.807, 2.05) is 36.4 Å². The number of hydrogen-bond acceptors (Lipinski definition) is 4. The summed E-state index contributed by atoms with van der Waals surface area (Å²) in [5, 5.41) is 13.9. The van der Waals surface area contributed by atoms with Gasteiger partial charge >= 0.3 is 5.97 Å². The number of esters is 1. The molecule has 5 nitrogen and oxygen atoms in total. The van der Waals surface area contributed by atoms with Crippen LogP contribution in [0.2, 0.25) is 5.15 Å². The van der Waals surface area contributed by atoms with E-state index in [0.29, 0.717) is 16.4 Å². The summed E-state index contributed by atoms with van der Waals surface area (Å²) < 4.78 is 6.61. The lowest BCUT2D eigenvalue weighted by Crippen LogP contribution is -2.12. The van der Waals surface area contributed by atoms with Crippen LogP contribution in [0.25, 0.3) is 11.8 Å². The van der Waals surface area contributed by atoms with Gasteiger partial charge in [-0.3, -0.25) is 0 Å². The molecule has 0 N–H and O–H groups in total. The van der Waals surface area contributed by atoms with E-state index in [4.69, 9.17) is 16.3 Å². The minimum absolute atomic E-state index is 0.115. The van der Waals surface area contributed by atoms with Crippen molar-refractivity contribution in [2.75, 3.05) is 0 Å². The summed E-state index contributed by atoms with van der Waals surface area (Å²) in [5.41, 5.74) is 1.82. The van der Waals surface area contributed by atoms with Gasteiger partial charge in [0.05, 0.1) is 17.5 Å². The molecule has 0 spiro atoms. The summed E-state index contributed by atoms with van der Waals surface area (Å²) in [6.45, 7) is 5.21. The fourth-order valence-corrected chi connectivity index (χ4v) is 2.30. The number of para-hydroxylation sites is 1. The molecule has 0 amide bonds. The minimum atomic E-state index is -0.676. The number of nitriles is 1. The van der Waals surface area contributed by atoms with Crippen molar-refractivity contribution in [1.82, 2.24) is 9.78 Å². The Morgan fingerprint density at radius 2 is 2.04 bits per heavy atom. The number of rotatable bonds is 4. The van der Waals surface area contributed by atoms with Crippen LogP contribution in [0, 0.1) is 18.3 Å². The first kappa shape index (κ1) is 16.8. The zero-order valence-corrected chi connectivity index (χ0v) is 13.8. The monoisotopic (exact) mass is 329 g/mol. The van der Waals surface area contributed by atoms with E-state index in [1.165, 1.54) is 6.08 Å². The van der Waals surface area contributed by atoms with Crippen molar-refractivity contribution in [2.24, 2.45) is 0 Å². The third-order valence-electron chi connectivity index (χ3n) is 3.02. The van der Waals surface area contributed by atoms with Crippen LogP contribution >= 0.6 is 11.6 Å². The van der Waals surface area contributed by atoms with Crippen molar-refractivity contribution in [3.8, 4) is 11.8 Å². The van der Waals surface area contributed by atoms with E-state index in [1.54, 1.807) is 25.5 Å². The molecule has 0 bridgehead atoms. The Labute approximate surface area is 139 Å². The summed E-state index contributed by atoms with van der Waals surface area (Å²) in [6.07, 6.45) is 1.11. The first-order valence-electron chi connectivity index (χ1n) is 7.07. The largest absolute Gasteiger partial charge is 0.459 e. The number of halogens is 1. The van der Waals surface area contributed by atoms with Gasteiger partial charge in [-0.15, -0.1) is 0 Å². The Kier molecular flexibility index (Phi) is 5.20. The van der Waals surface area contributed by atoms with Gasteiger partial charge in [0.25, 0.3) is 0 Å². The van der Waals surface area contributed by atoms with Crippen molar-refractivity contribution in [3.05, 3.63) is 52.3 Å². The molecule has 1 aromatic heterocycles. The number of carbonyl (C=O) groups is 1. The molecule has 2 rings (SSSR count). The fraction of sp³-hybridized carbons (Fsp3) is 0.235. The van der Waals surface area contributed by atoms with Crippen molar-refractivity contribution < 1.29 is 9.53 Å². The molecular formula is C17H16ClN3O2. The second kappa shape index (κ2) is 7.12. The molecule has 0 unspecified atom stereocenters. The molecule has 2 aromatic rings. The Balaban J connectivity index is 2.45. The van der Waals surface area contributed by atoms with Crippen molar-refractivity contribution in [1.29, 1.82) is 5.26 Å². The van der Waals surface area contributed by atoms with Gasteiger partial charge in [0.2, 0.25) is 0 Å². The molecule has 0 radical (unpaired) electrons. The zero-order valence-electron chi connectivity index (χ0n) is 13.1. The lowest BCUT2D eigenvalue weighted by molar-refractivity contribution is -0.142. The third-order valence-corrected chi connectivity index (χ3v) is 3.38. The predicted octanol–water partition coefficient (Wildman–Crippen LogP) is 3.69. The van der Waals surface area contributed by atoms with Crippen molar-refractivity contribution in [2.45, 2.75) is 26.9 Å². The Bertz CT molecular complexity index is 786. The van der Waals surface area contributed by atoms with Crippen LogP contribution in [0.3, 0.4) is 0 Å². The lowest BCUT2D eigenvalue weighted by Gasteiger charge is -2.06. The average Bonchev–Trinajstić information content (AvgIpc) is 2.80. The van der Waals surface area contributed by atoms with Crippen LogP contribution in [0.15, 0.2) is 35.9 Å². The number of benzene rings is 1. The van der Waals surface area contributed by atoms with Crippen molar-refractivity contribution >= 4 is 23.6 Å². The van der Waals surface area contributed by atoms with Crippen LogP contribution in [0.4, 0.5) is 0 Å². The molecule has 118 valence electrons. The SMILES string of the molecule is Cc1nn(-c2ccccc2)c(Cl)c1/C=C(\C#N)C(=O)OC(C)C.